The van der Waals surface area contributed by atoms with Crippen molar-refractivity contribution in [1.82, 2.24) is 25.3 Å². The van der Waals surface area contributed by atoms with Crippen LogP contribution in [-0.2, 0) is 11.3 Å². The summed E-state index contributed by atoms with van der Waals surface area (Å²) in [6, 6.07) is 2.37. The average Bonchev–Trinajstić information content (AvgIpc) is 3.06. The van der Waals surface area contributed by atoms with Crippen molar-refractivity contribution in [2.45, 2.75) is 26.4 Å². The molecule has 0 spiro atoms. The molecule has 7 nitrogen and oxygen atoms in total. The lowest BCUT2D eigenvalue weighted by Crippen LogP contribution is -2.44. The van der Waals surface area contributed by atoms with E-state index in [-0.39, 0.29) is 0 Å². The van der Waals surface area contributed by atoms with Crippen molar-refractivity contribution in [3.05, 3.63) is 18.5 Å². The Morgan fingerprint density at radius 3 is 2.86 bits per heavy atom. The Labute approximate surface area is 132 Å². The van der Waals surface area contributed by atoms with Gasteiger partial charge in [0.25, 0.3) is 0 Å². The minimum absolute atomic E-state index is 0.436. The lowest BCUT2D eigenvalue weighted by Gasteiger charge is -2.31. The summed E-state index contributed by atoms with van der Waals surface area (Å²) in [4.78, 5) is 7.12. The van der Waals surface area contributed by atoms with Crippen molar-refractivity contribution in [3.8, 4) is 0 Å². The fourth-order valence-electron chi connectivity index (χ4n) is 2.42. The second kappa shape index (κ2) is 9.42. The SMILES string of the molecule is CCNC(=NCC(C)N1CCOCC1)NCCn1cccn1. The maximum absolute atomic E-state index is 5.39. The molecule has 1 fully saturated rings. The first-order valence-electron chi connectivity index (χ1n) is 8.11. The Morgan fingerprint density at radius 2 is 2.18 bits per heavy atom. The zero-order valence-corrected chi connectivity index (χ0v) is 13.7. The summed E-state index contributed by atoms with van der Waals surface area (Å²) in [5.74, 6) is 0.870. The first-order chi connectivity index (χ1) is 10.8. The van der Waals surface area contributed by atoms with Crippen LogP contribution in [0.25, 0.3) is 0 Å². The van der Waals surface area contributed by atoms with Gasteiger partial charge in [0.05, 0.1) is 26.3 Å². The van der Waals surface area contributed by atoms with Gasteiger partial charge in [0, 0.05) is 44.6 Å². The quantitative estimate of drug-likeness (QED) is 0.555. The third-order valence-electron chi connectivity index (χ3n) is 3.72. The van der Waals surface area contributed by atoms with Gasteiger partial charge < -0.3 is 15.4 Å². The molecule has 1 aliphatic heterocycles. The zero-order chi connectivity index (χ0) is 15.6. The van der Waals surface area contributed by atoms with Crippen LogP contribution in [-0.4, -0.2) is 72.6 Å². The van der Waals surface area contributed by atoms with Crippen LogP contribution in [0.5, 0.6) is 0 Å². The van der Waals surface area contributed by atoms with Gasteiger partial charge in [0.1, 0.15) is 0 Å². The minimum atomic E-state index is 0.436. The Kier molecular flexibility index (Phi) is 7.18. The van der Waals surface area contributed by atoms with Gasteiger partial charge >= 0.3 is 0 Å². The summed E-state index contributed by atoms with van der Waals surface area (Å²) >= 11 is 0. The summed E-state index contributed by atoms with van der Waals surface area (Å²) in [6.07, 6.45) is 3.76. The number of ether oxygens (including phenoxy) is 1. The number of aliphatic imine (C=N–C) groups is 1. The molecule has 1 aromatic rings. The highest BCUT2D eigenvalue weighted by Gasteiger charge is 2.16. The zero-order valence-electron chi connectivity index (χ0n) is 13.7. The predicted octanol–water partition coefficient (Wildman–Crippen LogP) is 0.159. The van der Waals surface area contributed by atoms with Gasteiger partial charge in [-0.05, 0) is 19.9 Å². The topological polar surface area (TPSA) is 66.7 Å². The van der Waals surface area contributed by atoms with Gasteiger partial charge in [-0.2, -0.15) is 5.10 Å². The summed E-state index contributed by atoms with van der Waals surface area (Å²) < 4.78 is 7.30. The number of rotatable bonds is 7. The molecule has 7 heteroatoms. The third kappa shape index (κ3) is 5.65. The summed E-state index contributed by atoms with van der Waals surface area (Å²) in [7, 11) is 0. The molecule has 2 rings (SSSR count). The van der Waals surface area contributed by atoms with E-state index in [2.05, 4.69) is 39.5 Å². The van der Waals surface area contributed by atoms with Crippen molar-refractivity contribution in [1.29, 1.82) is 0 Å². The molecule has 0 aliphatic carbocycles. The van der Waals surface area contributed by atoms with Crippen molar-refractivity contribution < 1.29 is 4.74 Å². The molecule has 0 saturated carbocycles. The lowest BCUT2D eigenvalue weighted by molar-refractivity contribution is 0.0220. The van der Waals surface area contributed by atoms with E-state index in [0.29, 0.717) is 6.04 Å². The number of guanidine groups is 1. The molecule has 124 valence electrons. The van der Waals surface area contributed by atoms with Gasteiger partial charge in [-0.3, -0.25) is 14.6 Å². The standard InChI is InChI=1S/C15H28N6O/c1-3-16-15(17-6-8-21-7-4-5-19-21)18-13-14(2)20-9-11-22-12-10-20/h4-5,7,14H,3,6,8-13H2,1-2H3,(H2,16,17,18). The van der Waals surface area contributed by atoms with Gasteiger partial charge in [-0.15, -0.1) is 0 Å². The summed E-state index contributed by atoms with van der Waals surface area (Å²) in [5.41, 5.74) is 0. The number of morpholine rings is 1. The predicted molar refractivity (Wildman–Crippen MR) is 88.1 cm³/mol. The normalized spacial score (nSPS) is 18.2. The number of nitrogens with one attached hydrogen (secondary N) is 2. The smallest absolute Gasteiger partial charge is 0.191 e. The largest absolute Gasteiger partial charge is 0.379 e. The highest BCUT2D eigenvalue weighted by atomic mass is 16.5. The van der Waals surface area contributed by atoms with E-state index in [1.165, 1.54) is 0 Å². The first-order valence-corrected chi connectivity index (χ1v) is 8.11. The van der Waals surface area contributed by atoms with Crippen LogP contribution in [0.4, 0.5) is 0 Å². The molecule has 0 aromatic carbocycles. The summed E-state index contributed by atoms with van der Waals surface area (Å²) in [5, 5.41) is 10.8. The maximum Gasteiger partial charge on any atom is 0.191 e. The van der Waals surface area contributed by atoms with Gasteiger partial charge in [0.2, 0.25) is 0 Å². The maximum atomic E-state index is 5.39. The molecular formula is C15H28N6O. The second-order valence-corrected chi connectivity index (χ2v) is 5.41. The van der Waals surface area contributed by atoms with Crippen molar-refractivity contribution in [2.24, 2.45) is 4.99 Å². The molecule has 1 aliphatic rings. The number of aromatic nitrogens is 2. The molecular weight excluding hydrogens is 280 g/mol. The van der Waals surface area contributed by atoms with Crippen LogP contribution in [0, 0.1) is 0 Å². The van der Waals surface area contributed by atoms with Crippen LogP contribution in [0.3, 0.4) is 0 Å². The van der Waals surface area contributed by atoms with E-state index < -0.39 is 0 Å². The van der Waals surface area contributed by atoms with Gasteiger partial charge in [-0.1, -0.05) is 0 Å². The van der Waals surface area contributed by atoms with Crippen LogP contribution in [0.15, 0.2) is 23.5 Å². The van der Waals surface area contributed by atoms with E-state index in [4.69, 9.17) is 4.74 Å². The highest BCUT2D eigenvalue weighted by Crippen LogP contribution is 2.03. The first kappa shape index (κ1) is 16.8. The second-order valence-electron chi connectivity index (χ2n) is 5.41. The van der Waals surface area contributed by atoms with Crippen molar-refractivity contribution in [3.63, 3.8) is 0 Å². The molecule has 22 heavy (non-hydrogen) atoms. The van der Waals surface area contributed by atoms with E-state index in [9.17, 15) is 0 Å². The molecule has 0 bridgehead atoms. The fraction of sp³-hybridized carbons (Fsp3) is 0.733. The summed E-state index contributed by atoms with van der Waals surface area (Å²) in [6.45, 7) is 11.2. The van der Waals surface area contributed by atoms with Crippen molar-refractivity contribution in [2.75, 3.05) is 45.9 Å². The molecule has 0 amide bonds. The molecule has 1 atom stereocenters. The van der Waals surface area contributed by atoms with Crippen LogP contribution in [0.2, 0.25) is 0 Å². The van der Waals surface area contributed by atoms with Gasteiger partial charge in [-0.25, -0.2) is 0 Å². The molecule has 2 N–H and O–H groups in total. The van der Waals surface area contributed by atoms with Gasteiger partial charge in [0.15, 0.2) is 5.96 Å². The average molecular weight is 308 g/mol. The van der Waals surface area contributed by atoms with E-state index in [1.807, 2.05) is 16.9 Å². The molecule has 1 unspecified atom stereocenters. The Morgan fingerprint density at radius 1 is 1.36 bits per heavy atom. The Bertz CT molecular complexity index is 427. The molecule has 1 saturated heterocycles. The van der Waals surface area contributed by atoms with Crippen LogP contribution < -0.4 is 10.6 Å². The number of hydrogen-bond donors (Lipinski definition) is 2. The van der Waals surface area contributed by atoms with E-state index in [1.54, 1.807) is 6.20 Å². The van der Waals surface area contributed by atoms with E-state index >= 15 is 0 Å². The molecule has 0 radical (unpaired) electrons. The van der Waals surface area contributed by atoms with E-state index in [0.717, 1.165) is 58.4 Å². The Balaban J connectivity index is 1.75. The number of hydrogen-bond acceptors (Lipinski definition) is 4. The minimum Gasteiger partial charge on any atom is -0.379 e. The molecule has 1 aromatic heterocycles. The fourth-order valence-corrected chi connectivity index (χ4v) is 2.42. The Hall–Kier alpha value is -1.60. The number of nitrogens with zero attached hydrogens (tertiary/aromatic N) is 4. The monoisotopic (exact) mass is 308 g/mol. The highest BCUT2D eigenvalue weighted by molar-refractivity contribution is 5.79. The van der Waals surface area contributed by atoms with Crippen molar-refractivity contribution >= 4 is 5.96 Å². The van der Waals surface area contributed by atoms with Crippen LogP contribution >= 0.6 is 0 Å². The third-order valence-corrected chi connectivity index (χ3v) is 3.72. The molecule has 2 heterocycles. The lowest BCUT2D eigenvalue weighted by atomic mass is 10.2. The van der Waals surface area contributed by atoms with Crippen LogP contribution in [0.1, 0.15) is 13.8 Å².